The summed E-state index contributed by atoms with van der Waals surface area (Å²) in [6.07, 6.45) is 3.76. The molecule has 0 spiro atoms. The van der Waals surface area contributed by atoms with E-state index >= 15 is 0 Å². The minimum atomic E-state index is -1.07. The van der Waals surface area contributed by atoms with Crippen molar-refractivity contribution in [3.05, 3.63) is 47.2 Å². The lowest BCUT2D eigenvalue weighted by Gasteiger charge is -2.20. The third-order valence-corrected chi connectivity index (χ3v) is 6.28. The highest BCUT2D eigenvalue weighted by Crippen LogP contribution is 2.23. The van der Waals surface area contributed by atoms with E-state index in [9.17, 15) is 19.2 Å². The number of imidazole rings is 1. The number of carboxylic acids is 1. The van der Waals surface area contributed by atoms with Crippen LogP contribution in [0.2, 0.25) is 0 Å². The van der Waals surface area contributed by atoms with Crippen molar-refractivity contribution in [2.75, 3.05) is 65.3 Å². The maximum absolute atomic E-state index is 13.3. The van der Waals surface area contributed by atoms with E-state index in [2.05, 4.69) is 15.6 Å². The standard InChI is InChI=1S/C26H33N5O10S/c1-37-21-3-2-17(28-25(36)20-13-31-5-11-42-26(31)30-20)12-19(21)24(35)29-18(14-39-9-10-40-15-22(27)32)4-6-38-7-8-41-16-23(33)34/h2-3,5,11-13,18H,4,6-10,14-16H2,1H3,(H2,27,32)(H,28,36)(H,29,35)(H,33,34). The van der Waals surface area contributed by atoms with E-state index < -0.39 is 36.3 Å². The summed E-state index contributed by atoms with van der Waals surface area (Å²) in [5.41, 5.74) is 5.82. The van der Waals surface area contributed by atoms with E-state index in [1.54, 1.807) is 28.9 Å². The van der Waals surface area contributed by atoms with Gasteiger partial charge in [-0.3, -0.25) is 18.8 Å². The smallest absolute Gasteiger partial charge is 0.329 e. The molecule has 2 aromatic heterocycles. The van der Waals surface area contributed by atoms with Crippen LogP contribution in [0.1, 0.15) is 27.3 Å². The highest BCUT2D eigenvalue weighted by molar-refractivity contribution is 7.15. The number of aromatic nitrogens is 2. The van der Waals surface area contributed by atoms with E-state index in [4.69, 9.17) is 34.5 Å². The lowest BCUT2D eigenvalue weighted by molar-refractivity contribution is -0.142. The van der Waals surface area contributed by atoms with Gasteiger partial charge in [0.05, 0.1) is 51.7 Å². The number of hydrogen-bond donors (Lipinski definition) is 4. The van der Waals surface area contributed by atoms with Crippen molar-refractivity contribution in [1.29, 1.82) is 0 Å². The number of ether oxygens (including phenoxy) is 5. The summed E-state index contributed by atoms with van der Waals surface area (Å²) >= 11 is 1.40. The van der Waals surface area contributed by atoms with Gasteiger partial charge >= 0.3 is 5.97 Å². The average Bonchev–Trinajstić information content (AvgIpc) is 3.57. The van der Waals surface area contributed by atoms with Gasteiger partial charge in [-0.2, -0.15) is 0 Å². The number of nitrogens with one attached hydrogen (secondary N) is 2. The monoisotopic (exact) mass is 607 g/mol. The summed E-state index contributed by atoms with van der Waals surface area (Å²) in [4.78, 5) is 52.3. The Morgan fingerprint density at radius 3 is 2.48 bits per heavy atom. The predicted molar refractivity (Wildman–Crippen MR) is 150 cm³/mol. The van der Waals surface area contributed by atoms with Crippen LogP contribution in [0.4, 0.5) is 5.69 Å². The molecule has 0 fully saturated rings. The molecule has 1 unspecified atom stereocenters. The van der Waals surface area contributed by atoms with Crippen LogP contribution in [0.15, 0.2) is 36.0 Å². The number of hydrogen-bond acceptors (Lipinski definition) is 11. The van der Waals surface area contributed by atoms with E-state index in [1.165, 1.54) is 24.5 Å². The lowest BCUT2D eigenvalue weighted by atomic mass is 10.1. The lowest BCUT2D eigenvalue weighted by Crippen LogP contribution is -2.39. The topological polar surface area (TPSA) is 202 Å². The van der Waals surface area contributed by atoms with Gasteiger partial charge in [0.1, 0.15) is 24.7 Å². The average molecular weight is 608 g/mol. The number of methoxy groups -OCH3 is 1. The second-order valence-electron chi connectivity index (χ2n) is 8.70. The molecule has 0 aliphatic rings. The van der Waals surface area contributed by atoms with Gasteiger partial charge in [0, 0.05) is 30.1 Å². The van der Waals surface area contributed by atoms with Crippen LogP contribution in [-0.2, 0) is 28.5 Å². The molecular formula is C26H33N5O10S. The number of carbonyl (C=O) groups is 4. The Morgan fingerprint density at radius 1 is 1.02 bits per heavy atom. The van der Waals surface area contributed by atoms with Crippen LogP contribution in [0, 0.1) is 0 Å². The number of carbonyl (C=O) groups excluding carboxylic acids is 3. The number of fused-ring (bicyclic) bond motifs is 1. The van der Waals surface area contributed by atoms with Crippen LogP contribution >= 0.6 is 11.3 Å². The summed E-state index contributed by atoms with van der Waals surface area (Å²) in [5, 5.41) is 16.1. The van der Waals surface area contributed by atoms with E-state index in [1.807, 2.05) is 5.38 Å². The zero-order valence-electron chi connectivity index (χ0n) is 22.9. The molecule has 0 aliphatic carbocycles. The van der Waals surface area contributed by atoms with E-state index in [-0.39, 0.29) is 57.5 Å². The molecule has 15 nitrogen and oxygen atoms in total. The second-order valence-corrected chi connectivity index (χ2v) is 9.57. The summed E-state index contributed by atoms with van der Waals surface area (Å²) in [5.74, 6) is -2.29. The zero-order valence-corrected chi connectivity index (χ0v) is 23.7. The van der Waals surface area contributed by atoms with Crippen molar-refractivity contribution in [3.63, 3.8) is 0 Å². The van der Waals surface area contributed by atoms with Gasteiger partial charge in [0.2, 0.25) is 5.91 Å². The maximum Gasteiger partial charge on any atom is 0.329 e. The SMILES string of the molecule is COc1ccc(NC(=O)c2cn3ccsc3n2)cc1C(=O)NC(CCOCCOCC(=O)O)COCCOCC(N)=O. The van der Waals surface area contributed by atoms with Crippen molar-refractivity contribution in [2.24, 2.45) is 5.73 Å². The molecule has 42 heavy (non-hydrogen) atoms. The number of rotatable bonds is 20. The molecule has 3 amide bonds. The number of carboxylic acid groups (broad SMARTS) is 1. The van der Waals surface area contributed by atoms with E-state index in [0.29, 0.717) is 22.8 Å². The van der Waals surface area contributed by atoms with E-state index in [0.717, 1.165) is 0 Å². The van der Waals surface area contributed by atoms with Gasteiger partial charge < -0.3 is 45.2 Å². The molecule has 0 aliphatic heterocycles. The molecule has 2 heterocycles. The first kappa shape index (κ1) is 32.4. The first-order valence-electron chi connectivity index (χ1n) is 12.8. The van der Waals surface area contributed by atoms with Crippen molar-refractivity contribution >= 4 is 45.7 Å². The Morgan fingerprint density at radius 2 is 1.76 bits per heavy atom. The molecule has 1 atom stereocenters. The second kappa shape index (κ2) is 17.0. The maximum atomic E-state index is 13.3. The highest BCUT2D eigenvalue weighted by Gasteiger charge is 2.20. The molecule has 5 N–H and O–H groups in total. The largest absolute Gasteiger partial charge is 0.496 e. The van der Waals surface area contributed by atoms with Crippen LogP contribution < -0.4 is 21.1 Å². The Kier molecular flexibility index (Phi) is 13.1. The summed E-state index contributed by atoms with van der Waals surface area (Å²) < 4.78 is 28.2. The minimum absolute atomic E-state index is 0.0980. The molecular weight excluding hydrogens is 574 g/mol. The fourth-order valence-corrected chi connectivity index (χ4v) is 4.28. The fraction of sp³-hybridized carbons (Fsp3) is 0.423. The van der Waals surface area contributed by atoms with Gasteiger partial charge in [0.15, 0.2) is 4.96 Å². The number of anilines is 1. The fourth-order valence-electron chi connectivity index (χ4n) is 3.58. The number of amides is 3. The third kappa shape index (κ3) is 10.7. The van der Waals surface area contributed by atoms with Crippen LogP contribution in [0.3, 0.4) is 0 Å². The Labute approximate surface area is 244 Å². The summed E-state index contributed by atoms with van der Waals surface area (Å²) in [7, 11) is 1.43. The van der Waals surface area contributed by atoms with Crippen molar-refractivity contribution in [1.82, 2.24) is 14.7 Å². The van der Waals surface area contributed by atoms with Crippen molar-refractivity contribution in [2.45, 2.75) is 12.5 Å². The van der Waals surface area contributed by atoms with Crippen LogP contribution in [0.25, 0.3) is 4.96 Å². The van der Waals surface area contributed by atoms with Gasteiger partial charge in [0.25, 0.3) is 11.8 Å². The Balaban J connectivity index is 1.60. The molecule has 1 aromatic carbocycles. The number of benzene rings is 1. The van der Waals surface area contributed by atoms with Gasteiger partial charge in [-0.25, -0.2) is 9.78 Å². The first-order chi connectivity index (χ1) is 20.3. The third-order valence-electron chi connectivity index (χ3n) is 5.51. The summed E-state index contributed by atoms with van der Waals surface area (Å²) in [6, 6.07) is 4.17. The van der Waals surface area contributed by atoms with Gasteiger partial charge in [-0.15, -0.1) is 11.3 Å². The summed E-state index contributed by atoms with van der Waals surface area (Å²) in [6.45, 7) is 0.219. The molecule has 0 saturated carbocycles. The molecule has 16 heteroatoms. The number of thiazole rings is 1. The molecule has 3 rings (SSSR count). The predicted octanol–water partition coefficient (Wildman–Crippen LogP) is 0.782. The van der Waals surface area contributed by atoms with Crippen LogP contribution in [0.5, 0.6) is 5.75 Å². The van der Waals surface area contributed by atoms with Crippen molar-refractivity contribution in [3.8, 4) is 5.75 Å². The first-order valence-corrected chi connectivity index (χ1v) is 13.7. The Bertz CT molecular complexity index is 1320. The minimum Gasteiger partial charge on any atom is -0.496 e. The molecule has 0 saturated heterocycles. The molecule has 0 bridgehead atoms. The number of primary amides is 1. The molecule has 228 valence electrons. The van der Waals surface area contributed by atoms with Crippen molar-refractivity contribution < 1.29 is 48.0 Å². The zero-order chi connectivity index (χ0) is 30.3. The quantitative estimate of drug-likeness (QED) is 0.132. The number of nitrogens with two attached hydrogens (primary N) is 1. The number of aliphatic carboxylic acids is 1. The normalized spacial score (nSPS) is 11.7. The highest BCUT2D eigenvalue weighted by atomic mass is 32.1. The molecule has 3 aromatic rings. The number of nitrogens with zero attached hydrogens (tertiary/aromatic N) is 2. The van der Waals surface area contributed by atoms with Crippen LogP contribution in [-0.4, -0.2) is 104 Å². The van der Waals surface area contributed by atoms with Gasteiger partial charge in [-0.1, -0.05) is 0 Å². The Hall–Kier alpha value is -4.09. The molecule has 0 radical (unpaired) electrons. The van der Waals surface area contributed by atoms with Gasteiger partial charge in [-0.05, 0) is 24.6 Å².